The molecule has 0 amide bonds. The Hall–Kier alpha value is -0.420. The fourth-order valence-corrected chi connectivity index (χ4v) is 3.06. The molecule has 0 aromatic heterocycles. The van der Waals surface area contributed by atoms with Crippen molar-refractivity contribution in [3.05, 3.63) is 0 Å². The summed E-state index contributed by atoms with van der Waals surface area (Å²) in [6.07, 6.45) is 0. The lowest BCUT2D eigenvalue weighted by Gasteiger charge is -2.53. The third-order valence-electron chi connectivity index (χ3n) is 3.68. The largest absolute Gasteiger partial charge is 0.523 e. The summed E-state index contributed by atoms with van der Waals surface area (Å²) < 4.78 is 65.2. The minimum Gasteiger partial charge on any atom is -0.277 e. The van der Waals surface area contributed by atoms with Gasteiger partial charge in [-0.15, -0.1) is 0 Å². The van der Waals surface area contributed by atoms with E-state index < -0.39 is 21.5 Å². The van der Waals surface area contributed by atoms with Crippen molar-refractivity contribution < 1.29 is 25.8 Å². The van der Waals surface area contributed by atoms with Crippen LogP contribution in [0.2, 0.25) is 0 Å². The summed E-state index contributed by atoms with van der Waals surface area (Å²) >= 11 is 0. The minimum atomic E-state index is -5.67. The molecule has 0 aromatic carbocycles. The maximum absolute atomic E-state index is 12.6. The fraction of sp³-hybridized carbons (Fsp3) is 1.00. The molecule has 0 spiro atoms. The zero-order valence-electron chi connectivity index (χ0n) is 12.6. The summed E-state index contributed by atoms with van der Waals surface area (Å²) in [6.45, 7) is 8.88. The Bertz CT molecular complexity index is 441. The molecule has 0 unspecified atom stereocenters. The molecule has 0 aromatic rings. The van der Waals surface area contributed by atoms with Crippen LogP contribution in [0.1, 0.15) is 27.7 Å². The molecule has 1 heterocycles. The molecule has 0 aliphatic carbocycles. The van der Waals surface area contributed by atoms with Crippen LogP contribution in [0.15, 0.2) is 0 Å². The second-order valence-electron chi connectivity index (χ2n) is 4.90. The Labute approximate surface area is 123 Å². The predicted molar refractivity (Wildman–Crippen MR) is 71.3 cm³/mol. The van der Waals surface area contributed by atoms with E-state index in [1.54, 1.807) is 23.6 Å². The molecule has 1 aliphatic rings. The number of hydrogen-bond acceptors (Lipinski definition) is 6. The Balaban J connectivity index is 3.14. The normalized spacial score (nSPS) is 22.6. The van der Waals surface area contributed by atoms with Crippen LogP contribution in [0.3, 0.4) is 0 Å². The second-order valence-corrected chi connectivity index (χ2v) is 6.44. The molecule has 0 atom stereocenters. The van der Waals surface area contributed by atoms with Crippen molar-refractivity contribution in [2.75, 3.05) is 33.0 Å². The highest BCUT2D eigenvalue weighted by atomic mass is 32.2. The van der Waals surface area contributed by atoms with Crippen molar-refractivity contribution in [1.82, 2.24) is 14.7 Å². The molecule has 10 heteroatoms. The molecule has 126 valence electrons. The Morgan fingerprint density at radius 1 is 1.05 bits per heavy atom. The summed E-state index contributed by atoms with van der Waals surface area (Å²) in [6, 6.07) is 0. The van der Waals surface area contributed by atoms with Crippen molar-refractivity contribution in [1.29, 1.82) is 0 Å². The third kappa shape index (κ3) is 3.67. The predicted octanol–water partition coefficient (Wildman–Crippen LogP) is 1.42. The quantitative estimate of drug-likeness (QED) is 0.560. The molecule has 21 heavy (non-hydrogen) atoms. The first-order valence-electron chi connectivity index (χ1n) is 6.76. The summed E-state index contributed by atoms with van der Waals surface area (Å²) in [4.78, 5) is 5.11. The van der Waals surface area contributed by atoms with Crippen molar-refractivity contribution in [2.24, 2.45) is 0 Å². The molecular formula is C11H22F3N3O3S. The highest BCUT2D eigenvalue weighted by Gasteiger charge is 2.55. The van der Waals surface area contributed by atoms with Gasteiger partial charge in [0.25, 0.3) is 0 Å². The zero-order valence-corrected chi connectivity index (χ0v) is 13.5. The van der Waals surface area contributed by atoms with E-state index >= 15 is 0 Å². The number of nitrogens with zero attached hydrogens (tertiary/aromatic N) is 3. The van der Waals surface area contributed by atoms with E-state index in [0.717, 1.165) is 0 Å². The molecule has 1 aliphatic heterocycles. The maximum Gasteiger partial charge on any atom is 0.523 e. The molecule has 0 bridgehead atoms. The second kappa shape index (κ2) is 6.37. The molecular weight excluding hydrogens is 311 g/mol. The first-order valence-corrected chi connectivity index (χ1v) is 8.17. The lowest BCUT2D eigenvalue weighted by Crippen LogP contribution is -2.69. The van der Waals surface area contributed by atoms with Crippen LogP contribution in [-0.4, -0.2) is 67.4 Å². The number of hydrogen-bond donors (Lipinski definition) is 0. The molecule has 0 N–H and O–H groups in total. The lowest BCUT2D eigenvalue weighted by molar-refractivity contribution is -0.242. The van der Waals surface area contributed by atoms with Gasteiger partial charge in [-0.25, -0.2) is 14.0 Å². The van der Waals surface area contributed by atoms with Gasteiger partial charge >= 0.3 is 15.6 Å². The minimum absolute atomic E-state index is 0.341. The van der Waals surface area contributed by atoms with E-state index in [-0.39, 0.29) is 0 Å². The standard InChI is InChI=1S/C11H22F3N3O3S/c1-5-15-8-16(6-2)10(4,17(7-3)9-15)20-21(18,19)11(12,13)14/h5-9H2,1-4H3. The molecule has 1 saturated heterocycles. The Kier molecular flexibility index (Phi) is 5.65. The topological polar surface area (TPSA) is 53.1 Å². The van der Waals surface area contributed by atoms with Gasteiger partial charge in [-0.2, -0.15) is 21.6 Å². The monoisotopic (exact) mass is 333 g/mol. The van der Waals surface area contributed by atoms with E-state index in [1.807, 2.05) is 11.8 Å². The number of alkyl halides is 3. The van der Waals surface area contributed by atoms with Crippen LogP contribution < -0.4 is 0 Å². The van der Waals surface area contributed by atoms with Gasteiger partial charge < -0.3 is 0 Å². The summed E-state index contributed by atoms with van der Waals surface area (Å²) in [5.41, 5.74) is -5.43. The summed E-state index contributed by atoms with van der Waals surface area (Å²) in [5, 5.41) is 0. The van der Waals surface area contributed by atoms with Crippen molar-refractivity contribution in [3.8, 4) is 0 Å². The first kappa shape index (κ1) is 18.6. The van der Waals surface area contributed by atoms with E-state index in [1.165, 1.54) is 6.92 Å². The molecule has 1 fully saturated rings. The Morgan fingerprint density at radius 3 is 1.76 bits per heavy atom. The molecule has 6 nitrogen and oxygen atoms in total. The molecule has 0 radical (unpaired) electrons. The van der Waals surface area contributed by atoms with Gasteiger partial charge in [0.1, 0.15) is 0 Å². The van der Waals surface area contributed by atoms with Crippen LogP contribution in [0.5, 0.6) is 0 Å². The third-order valence-corrected chi connectivity index (χ3v) is 4.78. The number of halogens is 3. The maximum atomic E-state index is 12.6. The van der Waals surface area contributed by atoms with Crippen LogP contribution in [0.4, 0.5) is 13.2 Å². The highest BCUT2D eigenvalue weighted by Crippen LogP contribution is 2.34. The lowest BCUT2D eigenvalue weighted by atomic mass is 10.3. The van der Waals surface area contributed by atoms with Crippen molar-refractivity contribution in [3.63, 3.8) is 0 Å². The van der Waals surface area contributed by atoms with E-state index in [2.05, 4.69) is 4.18 Å². The van der Waals surface area contributed by atoms with Gasteiger partial charge in [0.05, 0.1) is 13.3 Å². The molecule has 0 saturated carbocycles. The van der Waals surface area contributed by atoms with E-state index in [4.69, 9.17) is 0 Å². The van der Waals surface area contributed by atoms with Gasteiger partial charge in [-0.3, -0.25) is 4.90 Å². The highest BCUT2D eigenvalue weighted by molar-refractivity contribution is 7.87. The first-order chi connectivity index (χ1) is 9.51. The average molecular weight is 333 g/mol. The smallest absolute Gasteiger partial charge is 0.277 e. The van der Waals surface area contributed by atoms with Crippen molar-refractivity contribution >= 4 is 10.1 Å². The fourth-order valence-electron chi connectivity index (χ4n) is 2.34. The van der Waals surface area contributed by atoms with Crippen LogP contribution in [0, 0.1) is 0 Å². The average Bonchev–Trinajstić information content (AvgIpc) is 2.36. The summed E-state index contributed by atoms with van der Waals surface area (Å²) in [7, 11) is -5.67. The molecule has 1 rings (SSSR count). The SMILES string of the molecule is CCN1CN(CC)C(C)(OS(=O)(=O)C(F)(F)F)N(CC)C1. The van der Waals surface area contributed by atoms with Gasteiger partial charge in [-0.05, 0) is 13.5 Å². The van der Waals surface area contributed by atoms with Gasteiger partial charge in [-0.1, -0.05) is 20.8 Å². The summed E-state index contributed by atoms with van der Waals surface area (Å²) in [5.74, 6) is -1.65. The van der Waals surface area contributed by atoms with E-state index in [0.29, 0.717) is 33.0 Å². The van der Waals surface area contributed by atoms with Gasteiger partial charge in [0.15, 0.2) is 5.85 Å². The zero-order chi connectivity index (χ0) is 16.5. The van der Waals surface area contributed by atoms with Crippen LogP contribution in [0.25, 0.3) is 0 Å². The van der Waals surface area contributed by atoms with Gasteiger partial charge in [0.2, 0.25) is 0 Å². The van der Waals surface area contributed by atoms with Gasteiger partial charge in [0, 0.05) is 13.1 Å². The number of rotatable bonds is 5. The van der Waals surface area contributed by atoms with Crippen molar-refractivity contribution in [2.45, 2.75) is 39.1 Å². The Morgan fingerprint density at radius 2 is 1.48 bits per heavy atom. The van der Waals surface area contributed by atoms with Crippen LogP contribution >= 0.6 is 0 Å². The van der Waals surface area contributed by atoms with Crippen LogP contribution in [-0.2, 0) is 14.3 Å². The van der Waals surface area contributed by atoms with E-state index in [9.17, 15) is 21.6 Å².